The molecule has 0 radical (unpaired) electrons. The van der Waals surface area contributed by atoms with E-state index < -0.39 is 0 Å². The molecular weight excluding hydrogens is 314 g/mol. The van der Waals surface area contributed by atoms with Gasteiger partial charge in [0.25, 0.3) is 0 Å². The zero-order chi connectivity index (χ0) is 16.9. The van der Waals surface area contributed by atoms with Gasteiger partial charge in [0, 0.05) is 22.1 Å². The monoisotopic (exact) mass is 339 g/mol. The summed E-state index contributed by atoms with van der Waals surface area (Å²) in [6.07, 6.45) is 3.74. The normalized spacial score (nSPS) is 29.3. The molecule has 2 bridgehead atoms. The Balaban J connectivity index is 1.52. The van der Waals surface area contributed by atoms with Gasteiger partial charge in [-0.15, -0.1) is 11.3 Å². The quantitative estimate of drug-likeness (QED) is 0.725. The van der Waals surface area contributed by atoms with Crippen LogP contribution < -0.4 is 5.43 Å². The van der Waals surface area contributed by atoms with E-state index in [9.17, 15) is 0 Å². The lowest BCUT2D eigenvalue weighted by Crippen LogP contribution is -2.32. The molecule has 2 aliphatic rings. The average molecular weight is 340 g/mol. The summed E-state index contributed by atoms with van der Waals surface area (Å²) in [5.41, 5.74) is 8.61. The van der Waals surface area contributed by atoms with E-state index in [4.69, 9.17) is 10.1 Å². The number of thiazole rings is 1. The maximum atomic E-state index is 4.78. The molecule has 0 aliphatic heterocycles. The number of hydrazone groups is 1. The summed E-state index contributed by atoms with van der Waals surface area (Å²) >= 11 is 1.62. The summed E-state index contributed by atoms with van der Waals surface area (Å²) in [6, 6.07) is 8.50. The molecule has 0 saturated heterocycles. The number of benzene rings is 1. The molecule has 126 valence electrons. The molecule has 2 aliphatic carbocycles. The van der Waals surface area contributed by atoms with Crippen LogP contribution in [0, 0.1) is 23.7 Å². The Morgan fingerprint density at radius 1 is 1.21 bits per heavy atom. The van der Waals surface area contributed by atoms with Gasteiger partial charge >= 0.3 is 0 Å². The first kappa shape index (κ1) is 15.8. The van der Waals surface area contributed by atoms with Gasteiger partial charge in [0.15, 0.2) is 0 Å². The Labute approximate surface area is 148 Å². The van der Waals surface area contributed by atoms with Gasteiger partial charge in [0.2, 0.25) is 5.13 Å². The Morgan fingerprint density at radius 3 is 2.58 bits per heavy atom. The second-order valence-corrected chi connectivity index (χ2v) is 8.93. The molecule has 2 fully saturated rings. The van der Waals surface area contributed by atoms with Crippen molar-refractivity contribution in [2.75, 3.05) is 5.43 Å². The van der Waals surface area contributed by atoms with Gasteiger partial charge in [0.1, 0.15) is 0 Å². The van der Waals surface area contributed by atoms with Crippen molar-refractivity contribution in [2.45, 2.75) is 47.0 Å². The Kier molecular flexibility index (Phi) is 3.57. The van der Waals surface area contributed by atoms with Crippen molar-refractivity contribution in [3.8, 4) is 11.3 Å². The van der Waals surface area contributed by atoms with Crippen LogP contribution in [0.3, 0.4) is 0 Å². The van der Waals surface area contributed by atoms with E-state index in [1.54, 1.807) is 11.3 Å². The van der Waals surface area contributed by atoms with Gasteiger partial charge in [-0.25, -0.2) is 4.98 Å². The van der Waals surface area contributed by atoms with Crippen molar-refractivity contribution >= 4 is 22.2 Å². The van der Waals surface area contributed by atoms with Crippen LogP contribution in [-0.2, 0) is 0 Å². The molecule has 24 heavy (non-hydrogen) atoms. The van der Waals surface area contributed by atoms with Gasteiger partial charge in [-0.1, -0.05) is 50.6 Å². The molecule has 1 aromatic carbocycles. The number of aromatic nitrogens is 1. The number of nitrogens with zero attached hydrogens (tertiary/aromatic N) is 2. The minimum Gasteiger partial charge on any atom is -0.253 e. The molecule has 2 saturated carbocycles. The van der Waals surface area contributed by atoms with E-state index in [1.165, 1.54) is 24.1 Å². The fourth-order valence-corrected chi connectivity index (χ4v) is 5.06. The van der Waals surface area contributed by atoms with E-state index in [0.29, 0.717) is 5.41 Å². The number of aryl methyl sites for hydroxylation is 1. The third-order valence-corrected chi connectivity index (χ3v) is 7.40. The number of rotatable bonds is 3. The highest BCUT2D eigenvalue weighted by Crippen LogP contribution is 2.63. The van der Waals surface area contributed by atoms with Crippen molar-refractivity contribution in [1.29, 1.82) is 0 Å². The van der Waals surface area contributed by atoms with Crippen molar-refractivity contribution in [2.24, 2.45) is 21.8 Å². The zero-order valence-electron chi connectivity index (χ0n) is 14.9. The van der Waals surface area contributed by atoms with E-state index in [2.05, 4.69) is 62.8 Å². The molecule has 2 atom stereocenters. The van der Waals surface area contributed by atoms with Crippen LogP contribution in [0.4, 0.5) is 5.13 Å². The lowest BCUT2D eigenvalue weighted by Gasteiger charge is -2.34. The minimum absolute atomic E-state index is 0.238. The molecular formula is C20H25N3S. The predicted molar refractivity (Wildman–Crippen MR) is 103 cm³/mol. The smallest absolute Gasteiger partial charge is 0.203 e. The summed E-state index contributed by atoms with van der Waals surface area (Å²) < 4.78 is 0. The number of hydrogen-bond acceptors (Lipinski definition) is 4. The summed E-state index contributed by atoms with van der Waals surface area (Å²) in [5.74, 6) is 0.780. The molecule has 1 N–H and O–H groups in total. The van der Waals surface area contributed by atoms with Crippen LogP contribution in [0.25, 0.3) is 11.3 Å². The van der Waals surface area contributed by atoms with Gasteiger partial charge in [-0.2, -0.15) is 5.10 Å². The van der Waals surface area contributed by atoms with E-state index in [1.807, 2.05) is 0 Å². The second-order valence-electron chi connectivity index (χ2n) is 8.07. The summed E-state index contributed by atoms with van der Waals surface area (Å²) in [6.45, 7) is 9.31. The largest absolute Gasteiger partial charge is 0.253 e. The van der Waals surface area contributed by atoms with Crippen LogP contribution in [0.2, 0.25) is 0 Å². The zero-order valence-corrected chi connectivity index (χ0v) is 15.7. The maximum absolute atomic E-state index is 4.78. The van der Waals surface area contributed by atoms with Crippen LogP contribution >= 0.6 is 11.3 Å². The van der Waals surface area contributed by atoms with Crippen LogP contribution in [0.5, 0.6) is 0 Å². The first-order valence-corrected chi connectivity index (χ1v) is 9.64. The number of anilines is 1. The second kappa shape index (κ2) is 5.41. The molecule has 2 aromatic rings. The van der Waals surface area contributed by atoms with E-state index in [0.717, 1.165) is 28.7 Å². The van der Waals surface area contributed by atoms with Gasteiger partial charge < -0.3 is 0 Å². The van der Waals surface area contributed by atoms with Crippen molar-refractivity contribution in [3.05, 3.63) is 35.2 Å². The van der Waals surface area contributed by atoms with Crippen LogP contribution in [0.15, 0.2) is 34.7 Å². The molecule has 4 heteroatoms. The van der Waals surface area contributed by atoms with Crippen molar-refractivity contribution < 1.29 is 0 Å². The fourth-order valence-electron chi connectivity index (χ4n) is 4.39. The molecule has 2 unspecified atom stereocenters. The van der Waals surface area contributed by atoms with Crippen molar-refractivity contribution in [3.63, 3.8) is 0 Å². The van der Waals surface area contributed by atoms with Gasteiger partial charge in [-0.3, -0.25) is 5.43 Å². The third-order valence-electron chi connectivity index (χ3n) is 6.65. The lowest BCUT2D eigenvalue weighted by molar-refractivity contribution is 0.194. The minimum atomic E-state index is 0.238. The third kappa shape index (κ3) is 2.31. The number of hydrogen-bond donors (Lipinski definition) is 1. The molecule has 1 aromatic heterocycles. The molecule has 0 spiro atoms. The Hall–Kier alpha value is -1.68. The Morgan fingerprint density at radius 2 is 1.96 bits per heavy atom. The van der Waals surface area contributed by atoms with Gasteiger partial charge in [-0.05, 0) is 37.5 Å². The molecule has 4 rings (SSSR count). The maximum Gasteiger partial charge on any atom is 0.203 e. The van der Waals surface area contributed by atoms with Crippen LogP contribution in [0.1, 0.15) is 45.6 Å². The number of fused-ring (bicyclic) bond motifs is 2. The highest BCUT2D eigenvalue weighted by molar-refractivity contribution is 7.14. The topological polar surface area (TPSA) is 37.3 Å². The standard InChI is InChI=1S/C20H25N3S/c1-13-5-7-14(8-6-13)16-12-24-18(21-16)23-22-17-11-15-9-10-20(17,4)19(15,2)3/h5-8,12,15H,9-11H2,1-4H3,(H,21,23)/b22-17+. The Bertz CT molecular complexity index is 787. The number of nitrogens with one attached hydrogen (secondary N) is 1. The summed E-state index contributed by atoms with van der Waals surface area (Å²) in [5, 5.41) is 7.75. The SMILES string of the molecule is Cc1ccc(-c2csc(N/N=C3\CC4CCC3(C)C4(C)C)n2)cc1. The van der Waals surface area contributed by atoms with Gasteiger partial charge in [0.05, 0.1) is 5.69 Å². The molecule has 1 heterocycles. The first-order valence-electron chi connectivity index (χ1n) is 8.76. The highest BCUT2D eigenvalue weighted by Gasteiger charge is 2.59. The average Bonchev–Trinajstić information content (AvgIpc) is 3.16. The van der Waals surface area contributed by atoms with E-state index >= 15 is 0 Å². The predicted octanol–water partition coefficient (Wildman–Crippen LogP) is 5.73. The summed E-state index contributed by atoms with van der Waals surface area (Å²) in [4.78, 5) is 4.69. The first-order chi connectivity index (χ1) is 11.4. The van der Waals surface area contributed by atoms with Crippen molar-refractivity contribution in [1.82, 2.24) is 4.98 Å². The molecule has 0 amide bonds. The summed E-state index contributed by atoms with van der Waals surface area (Å²) in [7, 11) is 0. The fraction of sp³-hybridized carbons (Fsp3) is 0.500. The highest BCUT2D eigenvalue weighted by atomic mass is 32.1. The lowest BCUT2D eigenvalue weighted by atomic mass is 9.70. The van der Waals surface area contributed by atoms with E-state index in [-0.39, 0.29) is 5.41 Å². The molecule has 3 nitrogen and oxygen atoms in total. The van der Waals surface area contributed by atoms with Crippen LogP contribution in [-0.4, -0.2) is 10.7 Å².